The van der Waals surface area contributed by atoms with E-state index in [1.165, 1.54) is 11.3 Å². The van der Waals surface area contributed by atoms with E-state index in [-0.39, 0.29) is 23.8 Å². The minimum Gasteiger partial charge on any atom is -0.347 e. The topological polar surface area (TPSA) is 58.2 Å². The molecule has 1 heterocycles. The summed E-state index contributed by atoms with van der Waals surface area (Å²) in [6.45, 7) is 5.82. The van der Waals surface area contributed by atoms with E-state index in [1.807, 2.05) is 41.8 Å². The van der Waals surface area contributed by atoms with Gasteiger partial charge in [0.05, 0.1) is 10.9 Å². The van der Waals surface area contributed by atoms with Crippen molar-refractivity contribution in [3.8, 4) is 0 Å². The second-order valence-corrected chi connectivity index (χ2v) is 6.76. The monoisotopic (exact) mass is 330 g/mol. The van der Waals surface area contributed by atoms with Gasteiger partial charge >= 0.3 is 0 Å². The van der Waals surface area contributed by atoms with Crippen molar-refractivity contribution < 1.29 is 9.59 Å². The van der Waals surface area contributed by atoms with Gasteiger partial charge in [-0.05, 0) is 29.9 Å². The highest BCUT2D eigenvalue weighted by molar-refractivity contribution is 7.12. The number of carbonyl (C=O) groups is 2. The van der Waals surface area contributed by atoms with Gasteiger partial charge in [0.25, 0.3) is 5.91 Å². The number of hydrogen-bond donors (Lipinski definition) is 2. The Hall–Kier alpha value is -2.14. The predicted octanol–water partition coefficient (Wildman–Crippen LogP) is 3.38. The minimum absolute atomic E-state index is 0.0789. The van der Waals surface area contributed by atoms with Gasteiger partial charge in [0.1, 0.15) is 6.04 Å². The van der Waals surface area contributed by atoms with E-state index in [4.69, 9.17) is 0 Å². The first-order valence-corrected chi connectivity index (χ1v) is 8.56. The van der Waals surface area contributed by atoms with Gasteiger partial charge in [-0.15, -0.1) is 11.3 Å². The molecule has 0 bridgehead atoms. The third-order valence-corrected chi connectivity index (χ3v) is 4.48. The standard InChI is InChI=1S/C18H22N2O2S/c1-12(2)16(14-8-5-4-6-9-14)20-17(21)13(3)19-18(22)15-10-7-11-23-15/h4-13,16H,1-3H3,(H,19,22)(H,20,21). The number of benzene rings is 1. The van der Waals surface area contributed by atoms with Crippen molar-refractivity contribution in [3.05, 3.63) is 58.3 Å². The number of hydrogen-bond acceptors (Lipinski definition) is 3. The lowest BCUT2D eigenvalue weighted by molar-refractivity contribution is -0.123. The van der Waals surface area contributed by atoms with Crippen LogP contribution >= 0.6 is 11.3 Å². The van der Waals surface area contributed by atoms with Gasteiger partial charge in [0, 0.05) is 0 Å². The van der Waals surface area contributed by atoms with E-state index in [1.54, 1.807) is 13.0 Å². The average molecular weight is 330 g/mol. The molecule has 4 nitrogen and oxygen atoms in total. The summed E-state index contributed by atoms with van der Waals surface area (Å²) >= 11 is 1.36. The van der Waals surface area contributed by atoms with E-state index >= 15 is 0 Å². The van der Waals surface area contributed by atoms with Crippen molar-refractivity contribution in [2.45, 2.75) is 32.9 Å². The summed E-state index contributed by atoms with van der Waals surface area (Å²) in [6.07, 6.45) is 0. The Labute approximate surface area is 140 Å². The molecule has 0 saturated heterocycles. The van der Waals surface area contributed by atoms with Crippen LogP contribution in [0, 0.1) is 5.92 Å². The lowest BCUT2D eigenvalue weighted by Crippen LogP contribution is -2.46. The van der Waals surface area contributed by atoms with Crippen LogP contribution in [0.4, 0.5) is 0 Å². The van der Waals surface area contributed by atoms with Crippen LogP contribution in [0.15, 0.2) is 47.8 Å². The molecule has 0 saturated carbocycles. The van der Waals surface area contributed by atoms with Gasteiger partial charge in [0.15, 0.2) is 0 Å². The molecular weight excluding hydrogens is 308 g/mol. The van der Waals surface area contributed by atoms with Crippen molar-refractivity contribution in [3.63, 3.8) is 0 Å². The Bertz CT molecular complexity index is 638. The molecule has 2 amide bonds. The predicted molar refractivity (Wildman–Crippen MR) is 93.4 cm³/mol. The molecule has 0 fully saturated rings. The Morgan fingerprint density at radius 2 is 1.65 bits per heavy atom. The normalized spacial score (nSPS) is 13.4. The smallest absolute Gasteiger partial charge is 0.261 e. The Morgan fingerprint density at radius 1 is 0.957 bits per heavy atom. The van der Waals surface area contributed by atoms with Crippen molar-refractivity contribution >= 4 is 23.2 Å². The summed E-state index contributed by atoms with van der Waals surface area (Å²) in [5.74, 6) is -0.150. The summed E-state index contributed by atoms with van der Waals surface area (Å²) in [6, 6.07) is 12.8. The molecule has 2 rings (SSSR count). The molecule has 23 heavy (non-hydrogen) atoms. The Balaban J connectivity index is 2.00. The average Bonchev–Trinajstić information content (AvgIpc) is 3.07. The first-order chi connectivity index (χ1) is 11.0. The summed E-state index contributed by atoms with van der Waals surface area (Å²) in [7, 11) is 0. The Morgan fingerprint density at radius 3 is 2.22 bits per heavy atom. The lowest BCUT2D eigenvalue weighted by atomic mass is 9.96. The second-order valence-electron chi connectivity index (χ2n) is 5.81. The van der Waals surface area contributed by atoms with Crippen LogP contribution in [-0.2, 0) is 4.79 Å². The summed E-state index contributed by atoms with van der Waals surface area (Å²) in [5, 5.41) is 7.61. The molecule has 122 valence electrons. The SMILES string of the molecule is CC(NC(=O)c1cccs1)C(=O)NC(c1ccccc1)C(C)C. The minimum atomic E-state index is -0.588. The molecule has 1 aromatic heterocycles. The highest BCUT2D eigenvalue weighted by atomic mass is 32.1. The third kappa shape index (κ3) is 4.66. The maximum atomic E-state index is 12.4. The first kappa shape index (κ1) is 17.2. The molecule has 0 aliphatic rings. The van der Waals surface area contributed by atoms with Crippen LogP contribution in [0.2, 0.25) is 0 Å². The van der Waals surface area contributed by atoms with Crippen LogP contribution < -0.4 is 10.6 Å². The zero-order chi connectivity index (χ0) is 16.8. The van der Waals surface area contributed by atoms with Gasteiger partial charge in [0.2, 0.25) is 5.91 Å². The van der Waals surface area contributed by atoms with Gasteiger partial charge < -0.3 is 10.6 Å². The van der Waals surface area contributed by atoms with Crippen LogP contribution in [0.1, 0.15) is 42.0 Å². The highest BCUT2D eigenvalue weighted by Gasteiger charge is 2.23. The van der Waals surface area contributed by atoms with Crippen LogP contribution in [0.5, 0.6) is 0 Å². The van der Waals surface area contributed by atoms with Crippen LogP contribution in [0.3, 0.4) is 0 Å². The number of amides is 2. The van der Waals surface area contributed by atoms with E-state index in [0.717, 1.165) is 5.56 Å². The van der Waals surface area contributed by atoms with Crippen molar-refractivity contribution in [2.75, 3.05) is 0 Å². The van der Waals surface area contributed by atoms with E-state index in [0.29, 0.717) is 4.88 Å². The maximum Gasteiger partial charge on any atom is 0.261 e. The molecule has 2 N–H and O–H groups in total. The number of carbonyl (C=O) groups excluding carboxylic acids is 2. The molecule has 2 unspecified atom stereocenters. The summed E-state index contributed by atoms with van der Waals surface area (Å²) in [4.78, 5) is 25.0. The fourth-order valence-corrected chi connectivity index (χ4v) is 2.94. The zero-order valence-corrected chi connectivity index (χ0v) is 14.4. The van der Waals surface area contributed by atoms with Gasteiger partial charge in [-0.1, -0.05) is 50.2 Å². The van der Waals surface area contributed by atoms with E-state index < -0.39 is 6.04 Å². The lowest BCUT2D eigenvalue weighted by Gasteiger charge is -2.25. The third-order valence-electron chi connectivity index (χ3n) is 3.61. The molecule has 0 aliphatic carbocycles. The summed E-state index contributed by atoms with van der Waals surface area (Å²) < 4.78 is 0. The van der Waals surface area contributed by atoms with Crippen LogP contribution in [-0.4, -0.2) is 17.9 Å². The molecule has 0 spiro atoms. The Kier molecular flexibility index (Phi) is 5.93. The first-order valence-electron chi connectivity index (χ1n) is 7.68. The van der Waals surface area contributed by atoms with Crippen LogP contribution in [0.25, 0.3) is 0 Å². The molecule has 2 aromatic rings. The van der Waals surface area contributed by atoms with Gasteiger partial charge in [-0.25, -0.2) is 0 Å². The summed E-state index contributed by atoms with van der Waals surface area (Å²) in [5.41, 5.74) is 1.06. The molecular formula is C18H22N2O2S. The van der Waals surface area contributed by atoms with Gasteiger partial charge in [-0.3, -0.25) is 9.59 Å². The molecule has 5 heteroatoms. The quantitative estimate of drug-likeness (QED) is 0.853. The number of thiophene rings is 1. The fraction of sp³-hybridized carbons (Fsp3) is 0.333. The maximum absolute atomic E-state index is 12.4. The molecule has 0 aliphatic heterocycles. The fourth-order valence-electron chi connectivity index (χ4n) is 2.31. The van der Waals surface area contributed by atoms with Gasteiger partial charge in [-0.2, -0.15) is 0 Å². The molecule has 1 aromatic carbocycles. The van der Waals surface area contributed by atoms with Crippen molar-refractivity contribution in [1.29, 1.82) is 0 Å². The number of nitrogens with one attached hydrogen (secondary N) is 2. The number of rotatable bonds is 6. The highest BCUT2D eigenvalue weighted by Crippen LogP contribution is 2.21. The van der Waals surface area contributed by atoms with E-state index in [9.17, 15) is 9.59 Å². The molecule has 2 atom stereocenters. The van der Waals surface area contributed by atoms with Crippen molar-refractivity contribution in [2.24, 2.45) is 5.92 Å². The zero-order valence-electron chi connectivity index (χ0n) is 13.6. The second kappa shape index (κ2) is 7.92. The van der Waals surface area contributed by atoms with E-state index in [2.05, 4.69) is 24.5 Å². The largest absolute Gasteiger partial charge is 0.347 e. The van der Waals surface area contributed by atoms with Crippen molar-refractivity contribution in [1.82, 2.24) is 10.6 Å². The molecule has 0 radical (unpaired) electrons.